The predicted octanol–water partition coefficient (Wildman–Crippen LogP) is 1.18. The van der Waals surface area contributed by atoms with Gasteiger partial charge in [-0.1, -0.05) is 6.08 Å². The third-order valence-corrected chi connectivity index (χ3v) is 5.55. The first-order valence-electron chi connectivity index (χ1n) is 10.9. The summed E-state index contributed by atoms with van der Waals surface area (Å²) < 4.78 is 21.9. The van der Waals surface area contributed by atoms with Crippen molar-refractivity contribution in [3.63, 3.8) is 0 Å². The highest BCUT2D eigenvalue weighted by atomic mass is 16.7. The van der Waals surface area contributed by atoms with Crippen LogP contribution >= 0.6 is 0 Å². The number of phenols is 2. The van der Waals surface area contributed by atoms with Crippen LogP contribution in [0.5, 0.6) is 17.2 Å². The molecule has 5 unspecified atom stereocenters. The second kappa shape index (κ2) is 10.4. The van der Waals surface area contributed by atoms with E-state index in [1.807, 2.05) is 0 Å². The number of carbonyl (C=O) groups is 1. The van der Waals surface area contributed by atoms with Crippen LogP contribution in [0.3, 0.4) is 0 Å². The average molecular weight is 500 g/mol. The molecule has 2 aromatic carbocycles. The molecule has 4 rings (SSSR count). The van der Waals surface area contributed by atoms with Gasteiger partial charge in [0.05, 0.1) is 0 Å². The number of allylic oxidation sites excluding steroid dienone is 1. The van der Waals surface area contributed by atoms with E-state index in [9.17, 15) is 35.1 Å². The van der Waals surface area contributed by atoms with Crippen LogP contribution in [0.4, 0.5) is 0 Å². The number of phenolic OH excluding ortho intramolecular Hbond substituents is 2. The van der Waals surface area contributed by atoms with Gasteiger partial charge in [0.15, 0.2) is 5.43 Å². The Hall–Kier alpha value is -3.90. The number of aromatic hydroxyl groups is 2. The number of esters is 1. The Kier molecular flexibility index (Phi) is 7.27. The summed E-state index contributed by atoms with van der Waals surface area (Å²) >= 11 is 0. The molecule has 1 aliphatic heterocycles. The molecule has 36 heavy (non-hydrogen) atoms. The summed E-state index contributed by atoms with van der Waals surface area (Å²) in [6, 6.07) is 9.52. The molecule has 0 saturated carbocycles. The van der Waals surface area contributed by atoms with Crippen LogP contribution in [-0.2, 0) is 14.3 Å². The van der Waals surface area contributed by atoms with Crippen molar-refractivity contribution < 1.29 is 49.0 Å². The minimum absolute atomic E-state index is 0.0310. The van der Waals surface area contributed by atoms with Gasteiger partial charge < -0.3 is 44.2 Å². The number of aliphatic hydroxyl groups is 3. The van der Waals surface area contributed by atoms with Gasteiger partial charge in [-0.25, -0.2) is 4.79 Å². The van der Waals surface area contributed by atoms with Gasteiger partial charge in [0, 0.05) is 29.8 Å². The maximum Gasteiger partial charge on any atom is 0.330 e. The number of ether oxygens (including phenoxy) is 3. The van der Waals surface area contributed by atoms with Crippen molar-refractivity contribution in [2.24, 2.45) is 0 Å². The Morgan fingerprint density at radius 2 is 1.75 bits per heavy atom. The molecule has 0 spiro atoms. The molecule has 11 heteroatoms. The van der Waals surface area contributed by atoms with Crippen LogP contribution in [0.25, 0.3) is 22.3 Å². The summed E-state index contributed by atoms with van der Waals surface area (Å²) in [4.78, 5) is 24.2. The number of fused-ring (bicyclic) bond motifs is 1. The van der Waals surface area contributed by atoms with Gasteiger partial charge in [-0.05, 0) is 31.2 Å². The number of rotatable bonds is 6. The Morgan fingerprint density at radius 3 is 2.44 bits per heavy atom. The van der Waals surface area contributed by atoms with Gasteiger partial charge in [0.2, 0.25) is 6.29 Å². The number of benzene rings is 2. The minimum Gasteiger partial charge on any atom is -0.508 e. The highest BCUT2D eigenvalue weighted by Gasteiger charge is 2.45. The van der Waals surface area contributed by atoms with E-state index in [1.54, 1.807) is 19.1 Å². The van der Waals surface area contributed by atoms with E-state index in [4.69, 9.17) is 18.6 Å². The van der Waals surface area contributed by atoms with Crippen LogP contribution in [0.15, 0.2) is 63.8 Å². The standard InChI is InChI=1S/C25H24O11/c1-2-3-20(29)33-11-19-22(30)23(31)24(32)25(36-19)34-14-8-15(27)21-16(28)10-17(35-18(21)9-14)12-4-6-13(26)7-5-12/h2-10,19,22-27,30-32H,11H2,1H3/b3-2+. The van der Waals surface area contributed by atoms with Gasteiger partial charge in [-0.3, -0.25) is 4.79 Å². The zero-order chi connectivity index (χ0) is 26.0. The topological polar surface area (TPSA) is 176 Å². The molecule has 0 amide bonds. The van der Waals surface area contributed by atoms with Crippen molar-refractivity contribution in [3.05, 3.63) is 64.8 Å². The Labute approximate surface area is 204 Å². The van der Waals surface area contributed by atoms with E-state index < -0.39 is 54.5 Å². The van der Waals surface area contributed by atoms with Crippen molar-refractivity contribution in [2.75, 3.05) is 6.61 Å². The Bertz CT molecular complexity index is 1330. The first-order valence-corrected chi connectivity index (χ1v) is 10.9. The van der Waals surface area contributed by atoms with E-state index in [-0.39, 0.29) is 28.2 Å². The second-order valence-corrected chi connectivity index (χ2v) is 8.10. The monoisotopic (exact) mass is 500 g/mol. The molecule has 190 valence electrons. The van der Waals surface area contributed by atoms with Crippen LogP contribution in [0.2, 0.25) is 0 Å². The molecule has 11 nitrogen and oxygen atoms in total. The lowest BCUT2D eigenvalue weighted by molar-refractivity contribution is -0.278. The Morgan fingerprint density at radius 1 is 1.03 bits per heavy atom. The van der Waals surface area contributed by atoms with E-state index in [2.05, 4.69) is 0 Å². The summed E-state index contributed by atoms with van der Waals surface area (Å²) in [6.45, 7) is 1.19. The predicted molar refractivity (Wildman–Crippen MR) is 124 cm³/mol. The molecule has 0 aliphatic carbocycles. The quantitative estimate of drug-likeness (QED) is 0.243. The minimum atomic E-state index is -1.70. The molecule has 0 bridgehead atoms. The SMILES string of the molecule is C/C=C/C(=O)OCC1OC(Oc2cc(O)c3c(=O)cc(-c4ccc(O)cc4)oc3c2)C(O)C(O)C1O. The first-order chi connectivity index (χ1) is 17.2. The maximum absolute atomic E-state index is 12.6. The molecule has 1 aliphatic rings. The lowest BCUT2D eigenvalue weighted by atomic mass is 9.99. The molecule has 5 N–H and O–H groups in total. The molecule has 3 aromatic rings. The van der Waals surface area contributed by atoms with Crippen LogP contribution in [-0.4, -0.2) is 68.8 Å². The van der Waals surface area contributed by atoms with Crippen molar-refractivity contribution in [3.8, 4) is 28.6 Å². The van der Waals surface area contributed by atoms with Gasteiger partial charge in [0.1, 0.15) is 65.0 Å². The molecular weight excluding hydrogens is 476 g/mol. The van der Waals surface area contributed by atoms with E-state index in [0.29, 0.717) is 5.56 Å². The third kappa shape index (κ3) is 5.19. The summed E-state index contributed by atoms with van der Waals surface area (Å²) in [5.41, 5.74) is -0.0711. The van der Waals surface area contributed by atoms with Crippen LogP contribution in [0.1, 0.15) is 6.92 Å². The second-order valence-electron chi connectivity index (χ2n) is 8.10. The lowest BCUT2D eigenvalue weighted by Crippen LogP contribution is -2.60. The Balaban J connectivity index is 1.61. The van der Waals surface area contributed by atoms with Gasteiger partial charge in [-0.15, -0.1) is 0 Å². The largest absolute Gasteiger partial charge is 0.508 e. The maximum atomic E-state index is 12.6. The van der Waals surface area contributed by atoms with Crippen molar-refractivity contribution in [1.29, 1.82) is 0 Å². The molecule has 1 fully saturated rings. The van der Waals surface area contributed by atoms with Crippen molar-refractivity contribution in [2.45, 2.75) is 37.6 Å². The van der Waals surface area contributed by atoms with E-state index in [0.717, 1.165) is 12.1 Å². The summed E-state index contributed by atoms with van der Waals surface area (Å²) in [5.74, 6) is -1.03. The van der Waals surface area contributed by atoms with Crippen LogP contribution in [0, 0.1) is 0 Å². The molecule has 0 radical (unpaired) electrons. The number of aliphatic hydroxyl groups excluding tert-OH is 3. The zero-order valence-electron chi connectivity index (χ0n) is 19.0. The van der Waals surface area contributed by atoms with Crippen LogP contribution < -0.4 is 10.2 Å². The summed E-state index contributed by atoms with van der Waals surface area (Å²) in [6.07, 6.45) is -5.10. The smallest absolute Gasteiger partial charge is 0.330 e. The number of carbonyl (C=O) groups excluding carboxylic acids is 1. The summed E-state index contributed by atoms with van der Waals surface area (Å²) in [7, 11) is 0. The molecular formula is C25H24O11. The fourth-order valence-electron chi connectivity index (χ4n) is 3.71. The molecule has 1 saturated heterocycles. The highest BCUT2D eigenvalue weighted by molar-refractivity contribution is 5.86. The lowest BCUT2D eigenvalue weighted by Gasteiger charge is -2.39. The molecule has 2 heterocycles. The first kappa shape index (κ1) is 25.2. The normalized spacial score (nSPS) is 24.2. The fraction of sp³-hybridized carbons (Fsp3) is 0.280. The molecule has 5 atom stereocenters. The highest BCUT2D eigenvalue weighted by Crippen LogP contribution is 2.33. The van der Waals surface area contributed by atoms with E-state index in [1.165, 1.54) is 30.3 Å². The third-order valence-electron chi connectivity index (χ3n) is 5.55. The van der Waals surface area contributed by atoms with Gasteiger partial charge >= 0.3 is 5.97 Å². The average Bonchev–Trinajstić information content (AvgIpc) is 2.83. The van der Waals surface area contributed by atoms with Gasteiger partial charge in [-0.2, -0.15) is 0 Å². The summed E-state index contributed by atoms with van der Waals surface area (Å²) in [5, 5.41) is 50.6. The van der Waals surface area contributed by atoms with Crippen molar-refractivity contribution in [1.82, 2.24) is 0 Å². The van der Waals surface area contributed by atoms with Crippen molar-refractivity contribution >= 4 is 16.9 Å². The number of hydrogen-bond acceptors (Lipinski definition) is 11. The number of hydrogen-bond donors (Lipinski definition) is 5. The molecule has 1 aromatic heterocycles. The van der Waals surface area contributed by atoms with E-state index >= 15 is 0 Å². The van der Waals surface area contributed by atoms with Gasteiger partial charge in [0.25, 0.3) is 0 Å². The zero-order valence-corrected chi connectivity index (χ0v) is 19.0. The fourth-order valence-corrected chi connectivity index (χ4v) is 3.71.